The van der Waals surface area contributed by atoms with Gasteiger partial charge in [0.1, 0.15) is 0 Å². The number of thiazole rings is 1. The molecule has 0 saturated carbocycles. The van der Waals surface area contributed by atoms with Crippen LogP contribution in [0, 0.1) is 0 Å². The van der Waals surface area contributed by atoms with Crippen molar-refractivity contribution < 1.29 is 4.79 Å². The molecule has 0 N–H and O–H groups in total. The first-order valence-electron chi connectivity index (χ1n) is 7.27. The highest BCUT2D eigenvalue weighted by atomic mass is 32.1. The maximum atomic E-state index is 11.8. The summed E-state index contributed by atoms with van der Waals surface area (Å²) in [6.45, 7) is 9.31. The van der Waals surface area contributed by atoms with E-state index in [0.717, 1.165) is 17.8 Å². The molecule has 0 spiro atoms. The fourth-order valence-corrected chi connectivity index (χ4v) is 3.38. The largest absolute Gasteiger partial charge is 0.317 e. The van der Waals surface area contributed by atoms with Crippen molar-refractivity contribution in [1.29, 1.82) is 0 Å². The van der Waals surface area contributed by atoms with E-state index in [1.807, 2.05) is 6.92 Å². The van der Waals surface area contributed by atoms with Crippen molar-refractivity contribution >= 4 is 27.5 Å². The topological polar surface area (TPSA) is 34.4 Å². The Morgan fingerprint density at radius 1 is 1.35 bits per heavy atom. The third-order valence-electron chi connectivity index (χ3n) is 3.37. The van der Waals surface area contributed by atoms with E-state index in [2.05, 4.69) is 48.5 Å². The molecule has 1 amide bonds. The van der Waals surface area contributed by atoms with Crippen molar-refractivity contribution in [2.24, 2.45) is 4.99 Å². The van der Waals surface area contributed by atoms with Gasteiger partial charge in [0.05, 0.1) is 10.2 Å². The number of carbonyl (C=O) groups is 1. The van der Waals surface area contributed by atoms with Gasteiger partial charge in [-0.15, -0.1) is 0 Å². The SMILES string of the molecule is CCCC(=O)N=c1sc2cc(C(C)C)ccc2n1CC. The number of aryl methyl sites for hydroxylation is 1. The van der Waals surface area contributed by atoms with E-state index >= 15 is 0 Å². The van der Waals surface area contributed by atoms with Gasteiger partial charge in [-0.05, 0) is 37.0 Å². The second kappa shape index (κ2) is 6.35. The second-order valence-corrected chi connectivity index (χ2v) is 6.28. The number of rotatable bonds is 4. The molecule has 0 bridgehead atoms. The van der Waals surface area contributed by atoms with E-state index < -0.39 is 0 Å². The average Bonchev–Trinajstić information content (AvgIpc) is 2.74. The van der Waals surface area contributed by atoms with Gasteiger partial charge in [0.2, 0.25) is 5.91 Å². The Hall–Kier alpha value is -1.42. The normalized spacial score (nSPS) is 12.6. The smallest absolute Gasteiger partial charge is 0.248 e. The van der Waals surface area contributed by atoms with E-state index in [4.69, 9.17) is 0 Å². The third kappa shape index (κ3) is 3.01. The summed E-state index contributed by atoms with van der Waals surface area (Å²) in [5.41, 5.74) is 2.50. The van der Waals surface area contributed by atoms with Gasteiger partial charge in [-0.1, -0.05) is 38.2 Å². The summed E-state index contributed by atoms with van der Waals surface area (Å²) in [5.74, 6) is 0.490. The molecule has 1 aromatic heterocycles. The molecular formula is C16H22N2OS. The predicted molar refractivity (Wildman–Crippen MR) is 85.1 cm³/mol. The number of benzene rings is 1. The first-order chi connectivity index (χ1) is 9.56. The molecule has 4 heteroatoms. The molecule has 0 aliphatic rings. The quantitative estimate of drug-likeness (QED) is 0.835. The van der Waals surface area contributed by atoms with Gasteiger partial charge in [0, 0.05) is 13.0 Å². The minimum Gasteiger partial charge on any atom is -0.317 e. The Labute approximate surface area is 124 Å². The Bertz CT molecular complexity index is 679. The maximum absolute atomic E-state index is 11.8. The van der Waals surface area contributed by atoms with Crippen molar-refractivity contribution in [2.75, 3.05) is 0 Å². The zero-order valence-corrected chi connectivity index (χ0v) is 13.5. The van der Waals surface area contributed by atoms with Crippen molar-refractivity contribution in [3.63, 3.8) is 0 Å². The zero-order chi connectivity index (χ0) is 14.7. The minimum atomic E-state index is -0.0228. The lowest BCUT2D eigenvalue weighted by molar-refractivity contribution is -0.118. The second-order valence-electron chi connectivity index (χ2n) is 5.27. The Balaban J connectivity index is 2.58. The lowest BCUT2D eigenvalue weighted by Gasteiger charge is -2.05. The van der Waals surface area contributed by atoms with Crippen molar-refractivity contribution in [1.82, 2.24) is 4.57 Å². The van der Waals surface area contributed by atoms with Crippen LogP contribution in [0.3, 0.4) is 0 Å². The molecule has 0 saturated heterocycles. The predicted octanol–water partition coefficient (Wildman–Crippen LogP) is 4.07. The van der Waals surface area contributed by atoms with Crippen LogP contribution in [0.2, 0.25) is 0 Å². The van der Waals surface area contributed by atoms with Crippen LogP contribution >= 0.6 is 11.3 Å². The van der Waals surface area contributed by atoms with E-state index in [-0.39, 0.29) is 5.91 Å². The van der Waals surface area contributed by atoms with Gasteiger partial charge in [0.15, 0.2) is 4.80 Å². The highest BCUT2D eigenvalue weighted by Crippen LogP contribution is 2.23. The van der Waals surface area contributed by atoms with Gasteiger partial charge >= 0.3 is 0 Å². The molecule has 0 fully saturated rings. The fourth-order valence-electron chi connectivity index (χ4n) is 2.22. The molecule has 2 aromatic rings. The van der Waals surface area contributed by atoms with Gasteiger partial charge in [-0.25, -0.2) is 0 Å². The van der Waals surface area contributed by atoms with Gasteiger partial charge < -0.3 is 4.57 Å². The number of nitrogens with zero attached hydrogens (tertiary/aromatic N) is 2. The van der Waals surface area contributed by atoms with Gasteiger partial charge in [-0.2, -0.15) is 4.99 Å². The number of fused-ring (bicyclic) bond motifs is 1. The first-order valence-corrected chi connectivity index (χ1v) is 8.09. The summed E-state index contributed by atoms with van der Waals surface area (Å²) in [6.07, 6.45) is 1.37. The molecule has 0 radical (unpaired) electrons. The number of hydrogen-bond acceptors (Lipinski definition) is 2. The number of amides is 1. The highest BCUT2D eigenvalue weighted by molar-refractivity contribution is 7.16. The Morgan fingerprint density at radius 3 is 2.70 bits per heavy atom. The van der Waals surface area contributed by atoms with Crippen LogP contribution in [-0.2, 0) is 11.3 Å². The summed E-state index contributed by atoms with van der Waals surface area (Å²) >= 11 is 1.61. The molecular weight excluding hydrogens is 268 g/mol. The summed E-state index contributed by atoms with van der Waals surface area (Å²) in [6, 6.07) is 6.54. The van der Waals surface area contributed by atoms with E-state index in [1.54, 1.807) is 11.3 Å². The standard InChI is InChI=1S/C16H22N2OS/c1-5-7-15(19)17-16-18(6-2)13-9-8-12(11(3)4)10-14(13)20-16/h8-11H,5-7H2,1-4H3. The van der Waals surface area contributed by atoms with Crippen LogP contribution in [-0.4, -0.2) is 10.5 Å². The number of hydrogen-bond donors (Lipinski definition) is 0. The summed E-state index contributed by atoms with van der Waals surface area (Å²) < 4.78 is 3.33. The van der Waals surface area contributed by atoms with Crippen LogP contribution < -0.4 is 4.80 Å². The minimum absolute atomic E-state index is 0.0228. The van der Waals surface area contributed by atoms with E-state index in [1.165, 1.54) is 15.8 Å². The summed E-state index contributed by atoms with van der Waals surface area (Å²) in [5, 5.41) is 0. The molecule has 108 valence electrons. The molecule has 3 nitrogen and oxygen atoms in total. The van der Waals surface area contributed by atoms with E-state index in [0.29, 0.717) is 12.3 Å². The lowest BCUT2D eigenvalue weighted by atomic mass is 10.0. The van der Waals surface area contributed by atoms with Gasteiger partial charge in [0.25, 0.3) is 0 Å². The van der Waals surface area contributed by atoms with Crippen LogP contribution in [0.5, 0.6) is 0 Å². The molecule has 2 rings (SSSR count). The molecule has 20 heavy (non-hydrogen) atoms. The molecule has 0 atom stereocenters. The monoisotopic (exact) mass is 290 g/mol. The summed E-state index contributed by atoms with van der Waals surface area (Å²) in [7, 11) is 0. The van der Waals surface area contributed by atoms with Crippen LogP contribution in [0.25, 0.3) is 10.2 Å². The van der Waals surface area contributed by atoms with Crippen LogP contribution in [0.15, 0.2) is 23.2 Å². The molecule has 0 aliphatic carbocycles. The van der Waals surface area contributed by atoms with Crippen molar-refractivity contribution in [3.05, 3.63) is 28.6 Å². The molecule has 0 aliphatic heterocycles. The Morgan fingerprint density at radius 2 is 2.10 bits per heavy atom. The zero-order valence-electron chi connectivity index (χ0n) is 12.6. The Kier molecular flexibility index (Phi) is 4.76. The van der Waals surface area contributed by atoms with Crippen molar-refractivity contribution in [3.8, 4) is 0 Å². The third-order valence-corrected chi connectivity index (χ3v) is 4.42. The van der Waals surface area contributed by atoms with Crippen molar-refractivity contribution in [2.45, 2.75) is 53.0 Å². The maximum Gasteiger partial charge on any atom is 0.248 e. The number of carbonyl (C=O) groups excluding carboxylic acids is 1. The van der Waals surface area contributed by atoms with Crippen LogP contribution in [0.4, 0.5) is 0 Å². The molecule has 1 heterocycles. The van der Waals surface area contributed by atoms with Gasteiger partial charge in [-0.3, -0.25) is 4.79 Å². The first kappa shape index (κ1) is 15.0. The lowest BCUT2D eigenvalue weighted by Crippen LogP contribution is -2.15. The molecule has 0 unspecified atom stereocenters. The molecule has 1 aromatic carbocycles. The fraction of sp³-hybridized carbons (Fsp3) is 0.500. The summed E-state index contributed by atoms with van der Waals surface area (Å²) in [4.78, 5) is 16.9. The average molecular weight is 290 g/mol. The number of aromatic nitrogens is 1. The highest BCUT2D eigenvalue weighted by Gasteiger charge is 2.08. The van der Waals surface area contributed by atoms with Crippen LogP contribution in [0.1, 0.15) is 52.0 Å². The van der Waals surface area contributed by atoms with E-state index in [9.17, 15) is 4.79 Å².